The molecule has 6 heteroatoms. The fraction of sp³-hybridized carbons (Fsp3) is 0.400. The van der Waals surface area contributed by atoms with Crippen molar-refractivity contribution >= 4 is 18.1 Å². The number of ketones is 1. The van der Waals surface area contributed by atoms with Crippen LogP contribution >= 0.6 is 0 Å². The summed E-state index contributed by atoms with van der Waals surface area (Å²) in [4.78, 5) is 28.1. The molecular formula is C15H17N3O3. The molecule has 0 radical (unpaired) electrons. The van der Waals surface area contributed by atoms with E-state index in [-0.39, 0.29) is 12.5 Å². The van der Waals surface area contributed by atoms with Crippen LogP contribution in [-0.4, -0.2) is 40.4 Å². The summed E-state index contributed by atoms with van der Waals surface area (Å²) in [5.74, 6) is -0.186. The Morgan fingerprint density at radius 1 is 1.43 bits per heavy atom. The quantitative estimate of drug-likeness (QED) is 0.481. The van der Waals surface area contributed by atoms with Crippen LogP contribution in [0.25, 0.3) is 5.53 Å². The smallest absolute Gasteiger partial charge is 0.410 e. The molecule has 1 amide bonds. The molecule has 0 N–H and O–H groups in total. The Morgan fingerprint density at radius 3 is 2.81 bits per heavy atom. The predicted molar refractivity (Wildman–Crippen MR) is 75.6 cm³/mol. The second kappa shape index (κ2) is 6.81. The molecule has 0 bridgehead atoms. The molecule has 2 rings (SSSR count). The highest BCUT2D eigenvalue weighted by Crippen LogP contribution is 2.24. The Balaban J connectivity index is 1.99. The maximum absolute atomic E-state index is 12.1. The highest BCUT2D eigenvalue weighted by molar-refractivity contribution is 6.28. The first kappa shape index (κ1) is 14.9. The summed E-state index contributed by atoms with van der Waals surface area (Å²) in [5, 5.41) is 0. The Morgan fingerprint density at radius 2 is 2.14 bits per heavy atom. The van der Waals surface area contributed by atoms with Gasteiger partial charge < -0.3 is 10.3 Å². The van der Waals surface area contributed by atoms with E-state index >= 15 is 0 Å². The maximum Gasteiger partial charge on any atom is 0.410 e. The monoisotopic (exact) mass is 287 g/mol. The number of benzene rings is 1. The molecule has 1 heterocycles. The molecule has 110 valence electrons. The SMILES string of the molecule is C[C@@H]1C[C@H](C(=O)C=[N+]=[N-])N(C(=O)OCc2ccccc2)C1. The van der Waals surface area contributed by atoms with E-state index in [1.165, 1.54) is 4.90 Å². The molecule has 1 saturated heterocycles. The molecule has 21 heavy (non-hydrogen) atoms. The Kier molecular flexibility index (Phi) is 4.85. The minimum absolute atomic E-state index is 0.166. The van der Waals surface area contributed by atoms with E-state index in [1.807, 2.05) is 37.3 Å². The summed E-state index contributed by atoms with van der Waals surface area (Å²) in [7, 11) is 0. The number of ether oxygens (including phenoxy) is 1. The molecule has 2 atom stereocenters. The molecule has 0 saturated carbocycles. The van der Waals surface area contributed by atoms with Crippen molar-refractivity contribution in [1.29, 1.82) is 0 Å². The van der Waals surface area contributed by atoms with Crippen LogP contribution in [0.4, 0.5) is 4.79 Å². The summed E-state index contributed by atoms with van der Waals surface area (Å²) in [6.45, 7) is 2.59. The number of carbonyl (C=O) groups is 2. The second-order valence-electron chi connectivity index (χ2n) is 5.20. The van der Waals surface area contributed by atoms with Crippen LogP contribution in [0.2, 0.25) is 0 Å². The fourth-order valence-corrected chi connectivity index (χ4v) is 2.46. The average molecular weight is 287 g/mol. The normalized spacial score (nSPS) is 20.7. The molecule has 1 aromatic rings. The molecule has 1 fully saturated rings. The lowest BCUT2D eigenvalue weighted by Crippen LogP contribution is -2.41. The molecular weight excluding hydrogens is 270 g/mol. The van der Waals surface area contributed by atoms with Gasteiger partial charge in [0.1, 0.15) is 12.6 Å². The zero-order valence-electron chi connectivity index (χ0n) is 11.8. The van der Waals surface area contributed by atoms with Gasteiger partial charge in [0.05, 0.1) is 0 Å². The lowest BCUT2D eigenvalue weighted by molar-refractivity contribution is -0.119. The highest BCUT2D eigenvalue weighted by atomic mass is 16.6. The van der Waals surface area contributed by atoms with Gasteiger partial charge in [-0.3, -0.25) is 9.69 Å². The lowest BCUT2D eigenvalue weighted by Gasteiger charge is -2.21. The van der Waals surface area contributed by atoms with Gasteiger partial charge in [-0.1, -0.05) is 37.3 Å². The van der Waals surface area contributed by atoms with Crippen molar-refractivity contribution in [2.75, 3.05) is 6.54 Å². The van der Waals surface area contributed by atoms with Gasteiger partial charge in [0.25, 0.3) is 5.78 Å². The zero-order valence-corrected chi connectivity index (χ0v) is 11.8. The van der Waals surface area contributed by atoms with Crippen LogP contribution in [0.15, 0.2) is 30.3 Å². The van der Waals surface area contributed by atoms with Gasteiger partial charge in [-0.15, -0.1) is 0 Å². The van der Waals surface area contributed by atoms with Gasteiger partial charge in [0.2, 0.25) is 0 Å². The number of Topliss-reactive ketones (excluding diaryl/α,β-unsaturated/α-hetero) is 1. The molecule has 6 nitrogen and oxygen atoms in total. The lowest BCUT2D eigenvalue weighted by atomic mass is 10.1. The van der Waals surface area contributed by atoms with Crippen molar-refractivity contribution in [2.45, 2.75) is 26.0 Å². The second-order valence-corrected chi connectivity index (χ2v) is 5.20. The third-order valence-corrected chi connectivity index (χ3v) is 3.46. The summed E-state index contributed by atoms with van der Waals surface area (Å²) >= 11 is 0. The van der Waals surface area contributed by atoms with E-state index in [2.05, 4.69) is 4.79 Å². The van der Waals surface area contributed by atoms with Gasteiger partial charge in [-0.05, 0) is 17.9 Å². The van der Waals surface area contributed by atoms with Crippen LogP contribution in [0, 0.1) is 5.92 Å². The molecule has 0 aromatic heterocycles. The molecule has 1 aromatic carbocycles. The molecule has 0 aliphatic carbocycles. The van der Waals surface area contributed by atoms with Crippen LogP contribution in [0.5, 0.6) is 0 Å². The van der Waals surface area contributed by atoms with Gasteiger partial charge >= 0.3 is 12.3 Å². The summed E-state index contributed by atoms with van der Waals surface area (Å²) in [6.07, 6.45) is 0.860. The van der Waals surface area contributed by atoms with Crippen molar-refractivity contribution in [3.63, 3.8) is 0 Å². The first-order valence-corrected chi connectivity index (χ1v) is 6.80. The molecule has 0 unspecified atom stereocenters. The van der Waals surface area contributed by atoms with Crippen molar-refractivity contribution in [3.8, 4) is 0 Å². The topological polar surface area (TPSA) is 83.0 Å². The largest absolute Gasteiger partial charge is 0.445 e. The number of hydrogen-bond donors (Lipinski definition) is 0. The van der Waals surface area contributed by atoms with Crippen molar-refractivity contribution in [2.24, 2.45) is 5.92 Å². The first-order valence-electron chi connectivity index (χ1n) is 6.80. The van der Waals surface area contributed by atoms with E-state index in [4.69, 9.17) is 10.3 Å². The van der Waals surface area contributed by atoms with Crippen molar-refractivity contribution < 1.29 is 19.1 Å². The van der Waals surface area contributed by atoms with E-state index in [9.17, 15) is 9.59 Å². The van der Waals surface area contributed by atoms with E-state index in [1.54, 1.807) is 0 Å². The zero-order chi connectivity index (χ0) is 15.2. The Bertz CT molecular complexity index is 567. The average Bonchev–Trinajstić information content (AvgIpc) is 2.88. The first-order chi connectivity index (χ1) is 10.1. The molecule has 1 aliphatic heterocycles. The fourth-order valence-electron chi connectivity index (χ4n) is 2.46. The summed E-state index contributed by atoms with van der Waals surface area (Å²) in [5.41, 5.74) is 9.34. The van der Waals surface area contributed by atoms with Crippen LogP contribution in [0.3, 0.4) is 0 Å². The minimum Gasteiger partial charge on any atom is -0.445 e. The number of amides is 1. The molecule has 0 spiro atoms. The van der Waals surface area contributed by atoms with Gasteiger partial charge in [0, 0.05) is 6.54 Å². The number of carbonyl (C=O) groups excluding carboxylic acids is 2. The van der Waals surface area contributed by atoms with Gasteiger partial charge in [0.15, 0.2) is 0 Å². The Labute approximate surface area is 122 Å². The van der Waals surface area contributed by atoms with Crippen LogP contribution in [-0.2, 0) is 16.1 Å². The summed E-state index contributed by atoms with van der Waals surface area (Å²) in [6, 6.07) is 8.73. The third-order valence-electron chi connectivity index (χ3n) is 3.46. The number of rotatable bonds is 4. The molecule has 1 aliphatic rings. The van der Waals surface area contributed by atoms with Crippen LogP contribution < -0.4 is 0 Å². The number of likely N-dealkylation sites (tertiary alicyclic amines) is 1. The third kappa shape index (κ3) is 3.77. The summed E-state index contributed by atoms with van der Waals surface area (Å²) < 4.78 is 5.25. The van der Waals surface area contributed by atoms with Crippen LogP contribution in [0.1, 0.15) is 18.9 Å². The van der Waals surface area contributed by atoms with E-state index in [0.717, 1.165) is 11.8 Å². The van der Waals surface area contributed by atoms with Gasteiger partial charge in [-0.2, -0.15) is 4.79 Å². The minimum atomic E-state index is -0.612. The van der Waals surface area contributed by atoms with E-state index in [0.29, 0.717) is 13.0 Å². The van der Waals surface area contributed by atoms with Crippen molar-refractivity contribution in [1.82, 2.24) is 4.90 Å². The number of nitrogens with zero attached hydrogens (tertiary/aromatic N) is 3. The highest BCUT2D eigenvalue weighted by Gasteiger charge is 2.39. The Hall–Kier alpha value is -2.46. The van der Waals surface area contributed by atoms with Crippen molar-refractivity contribution in [3.05, 3.63) is 41.4 Å². The maximum atomic E-state index is 12.1. The standard InChI is InChI=1S/C15H17N3O3/c1-11-7-13(14(19)8-17-16)18(9-11)15(20)21-10-12-5-3-2-4-6-12/h2-6,8,11,13H,7,9-10H2,1H3/t11-,13-/m1/s1. The number of hydrogen-bond acceptors (Lipinski definition) is 3. The van der Waals surface area contributed by atoms with Gasteiger partial charge in [-0.25, -0.2) is 4.79 Å². The predicted octanol–water partition coefficient (Wildman–Crippen LogP) is 1.90. The van der Waals surface area contributed by atoms with E-state index < -0.39 is 17.9 Å².